The lowest BCUT2D eigenvalue weighted by Gasteiger charge is -2.44. The minimum Gasteiger partial charge on any atom is -0.370 e. The Hall–Kier alpha value is -1.76. The van der Waals surface area contributed by atoms with Crippen molar-refractivity contribution in [3.05, 3.63) is 51.0 Å². The molecule has 0 radical (unpaired) electrons. The van der Waals surface area contributed by atoms with Gasteiger partial charge in [0.25, 0.3) is 5.91 Å². The van der Waals surface area contributed by atoms with Crippen LogP contribution in [0.1, 0.15) is 77.3 Å². The summed E-state index contributed by atoms with van der Waals surface area (Å²) in [6, 6.07) is 6.35. The first-order valence-electron chi connectivity index (χ1n) is 12.8. The molecule has 1 N–H and O–H groups in total. The van der Waals surface area contributed by atoms with Crippen LogP contribution in [0, 0.1) is 11.8 Å². The van der Waals surface area contributed by atoms with E-state index in [4.69, 9.17) is 4.74 Å². The van der Waals surface area contributed by atoms with Gasteiger partial charge in [-0.2, -0.15) is 0 Å². The van der Waals surface area contributed by atoms with Gasteiger partial charge in [0, 0.05) is 48.6 Å². The number of nitrogens with zero attached hydrogens (tertiary/aromatic N) is 2. The average Bonchev–Trinajstić information content (AvgIpc) is 3.46. The summed E-state index contributed by atoms with van der Waals surface area (Å²) < 4.78 is 6.42. The van der Waals surface area contributed by atoms with Crippen molar-refractivity contribution in [3.63, 3.8) is 0 Å². The number of piperidine rings is 1. The molecular weight excluding hydrogens is 430 g/mol. The fraction of sp³-hybridized carbons (Fsp3) is 0.630. The van der Waals surface area contributed by atoms with Gasteiger partial charge in [-0.25, -0.2) is 0 Å². The largest absolute Gasteiger partial charge is 0.370 e. The van der Waals surface area contributed by atoms with E-state index in [1.54, 1.807) is 4.88 Å². The first kappa shape index (κ1) is 23.0. The highest BCUT2D eigenvalue weighted by Crippen LogP contribution is 2.44. The van der Waals surface area contributed by atoms with Crippen molar-refractivity contribution in [3.8, 4) is 0 Å². The number of ether oxygens (including phenoxy) is 1. The molecule has 2 fully saturated rings. The number of aromatic nitrogens is 1. The molecule has 0 bridgehead atoms. The zero-order valence-corrected chi connectivity index (χ0v) is 20.9. The molecule has 1 aliphatic carbocycles. The summed E-state index contributed by atoms with van der Waals surface area (Å²) in [6.07, 6.45) is 9.88. The van der Waals surface area contributed by atoms with Crippen LogP contribution in [-0.2, 0) is 29.7 Å². The van der Waals surface area contributed by atoms with Gasteiger partial charge in [-0.3, -0.25) is 14.7 Å². The molecule has 0 aromatic carbocycles. The fourth-order valence-corrected chi connectivity index (χ4v) is 7.06. The molecule has 2 aliphatic heterocycles. The Labute approximate surface area is 201 Å². The second-order valence-electron chi connectivity index (χ2n) is 10.3. The lowest BCUT2D eigenvalue weighted by atomic mass is 9.82. The monoisotopic (exact) mass is 467 g/mol. The highest BCUT2D eigenvalue weighted by atomic mass is 32.1. The Morgan fingerprint density at radius 1 is 1.30 bits per heavy atom. The number of carbonyl (C=O) groups is 1. The molecule has 2 unspecified atom stereocenters. The number of amides is 1. The highest BCUT2D eigenvalue weighted by molar-refractivity contribution is 7.12. The molecule has 1 spiro atoms. The molecule has 6 heteroatoms. The number of hydrogen-bond donors (Lipinski definition) is 1. The topological polar surface area (TPSA) is 54.5 Å². The molecule has 1 saturated carbocycles. The molecule has 33 heavy (non-hydrogen) atoms. The van der Waals surface area contributed by atoms with Gasteiger partial charge in [0.1, 0.15) is 5.69 Å². The van der Waals surface area contributed by atoms with E-state index in [9.17, 15) is 4.79 Å². The summed E-state index contributed by atoms with van der Waals surface area (Å²) in [5, 5.41) is 3.08. The molecular formula is C27H37N3O2S. The maximum Gasteiger partial charge on any atom is 0.269 e. The summed E-state index contributed by atoms with van der Waals surface area (Å²) >= 11 is 1.99. The first-order chi connectivity index (χ1) is 16.0. The third-order valence-corrected chi connectivity index (χ3v) is 9.23. The highest BCUT2D eigenvalue weighted by Gasteiger charge is 2.41. The van der Waals surface area contributed by atoms with Crippen molar-refractivity contribution in [2.75, 3.05) is 26.2 Å². The molecule has 2 aromatic rings. The lowest BCUT2D eigenvalue weighted by Crippen LogP contribution is -2.45. The van der Waals surface area contributed by atoms with Crippen molar-refractivity contribution in [1.29, 1.82) is 0 Å². The van der Waals surface area contributed by atoms with E-state index in [0.29, 0.717) is 11.6 Å². The Balaban J connectivity index is 1.13. The van der Waals surface area contributed by atoms with Crippen LogP contribution >= 0.6 is 11.3 Å². The molecule has 5 nitrogen and oxygen atoms in total. The minimum absolute atomic E-state index is 0.0477. The van der Waals surface area contributed by atoms with Crippen molar-refractivity contribution in [1.82, 2.24) is 15.2 Å². The van der Waals surface area contributed by atoms with Crippen LogP contribution in [-0.4, -0.2) is 42.0 Å². The number of likely N-dealkylation sites (tertiary alicyclic amines) is 1. The van der Waals surface area contributed by atoms with Crippen LogP contribution in [0.4, 0.5) is 0 Å². The van der Waals surface area contributed by atoms with Gasteiger partial charge in [-0.15, -0.1) is 11.3 Å². The van der Waals surface area contributed by atoms with Gasteiger partial charge >= 0.3 is 0 Å². The Morgan fingerprint density at radius 2 is 2.15 bits per heavy atom. The number of hydrogen-bond acceptors (Lipinski definition) is 5. The van der Waals surface area contributed by atoms with Gasteiger partial charge in [0.05, 0.1) is 12.2 Å². The molecule has 2 atom stereocenters. The van der Waals surface area contributed by atoms with Gasteiger partial charge < -0.3 is 10.1 Å². The van der Waals surface area contributed by atoms with E-state index < -0.39 is 0 Å². The molecule has 4 heterocycles. The number of fused-ring (bicyclic) bond motifs is 2. The van der Waals surface area contributed by atoms with Gasteiger partial charge in [-0.1, -0.05) is 26.3 Å². The van der Waals surface area contributed by atoms with E-state index >= 15 is 0 Å². The lowest BCUT2D eigenvalue weighted by molar-refractivity contribution is -0.0981. The van der Waals surface area contributed by atoms with Gasteiger partial charge in [0.15, 0.2) is 0 Å². The molecule has 5 rings (SSSR count). The molecule has 1 saturated heterocycles. The zero-order chi connectivity index (χ0) is 22.8. The predicted octanol–water partition coefficient (Wildman–Crippen LogP) is 4.94. The summed E-state index contributed by atoms with van der Waals surface area (Å²) in [6.45, 7) is 9.10. The normalized spacial score (nSPS) is 24.7. The van der Waals surface area contributed by atoms with Crippen LogP contribution in [0.2, 0.25) is 0 Å². The maximum absolute atomic E-state index is 12.5. The molecule has 3 aliphatic rings. The van der Waals surface area contributed by atoms with E-state index in [1.807, 2.05) is 23.6 Å². The minimum atomic E-state index is -0.0781. The number of carbonyl (C=O) groups excluding carboxylic acids is 1. The molecule has 1 amide bonds. The average molecular weight is 468 g/mol. The third kappa shape index (κ3) is 5.03. The van der Waals surface area contributed by atoms with E-state index in [-0.39, 0.29) is 11.5 Å². The second-order valence-corrected chi connectivity index (χ2v) is 11.5. The fourth-order valence-electron chi connectivity index (χ4n) is 5.88. The van der Waals surface area contributed by atoms with Crippen molar-refractivity contribution in [2.45, 2.75) is 70.9 Å². The number of rotatable bonds is 6. The number of nitrogens with one attached hydrogen (secondary N) is 1. The Bertz CT molecular complexity index is 962. The van der Waals surface area contributed by atoms with Crippen LogP contribution in [0.3, 0.4) is 0 Å². The third-order valence-electron chi connectivity index (χ3n) is 7.89. The Kier molecular flexibility index (Phi) is 6.86. The van der Waals surface area contributed by atoms with Crippen molar-refractivity contribution in [2.24, 2.45) is 11.8 Å². The zero-order valence-electron chi connectivity index (χ0n) is 20.1. The SMILES string of the molecule is CCc1cc2c(s1)CCOC21CCN(Cc2ccc(C(=O)NCC3CCC(C)C3)nc2)CC1. The standard InChI is InChI=1S/C27H37N3O2S/c1-3-22-15-23-25(33-22)8-13-32-27(23)9-11-30(12-10-27)18-21-6-7-24(28-17-21)26(31)29-16-20-5-4-19(2)14-20/h6-7,15,17,19-20H,3-5,8-14,16,18H2,1-2H3,(H,29,31). The van der Waals surface area contributed by atoms with Crippen molar-refractivity contribution < 1.29 is 9.53 Å². The van der Waals surface area contributed by atoms with Crippen LogP contribution in [0.5, 0.6) is 0 Å². The smallest absolute Gasteiger partial charge is 0.269 e. The maximum atomic E-state index is 12.5. The quantitative estimate of drug-likeness (QED) is 0.654. The van der Waals surface area contributed by atoms with Crippen LogP contribution < -0.4 is 5.32 Å². The summed E-state index contributed by atoms with van der Waals surface area (Å²) in [7, 11) is 0. The molecule has 178 valence electrons. The summed E-state index contributed by atoms with van der Waals surface area (Å²) in [5.41, 5.74) is 3.08. The summed E-state index contributed by atoms with van der Waals surface area (Å²) in [5.74, 6) is 1.37. The molecule has 2 aromatic heterocycles. The van der Waals surface area contributed by atoms with E-state index in [0.717, 1.165) is 64.4 Å². The van der Waals surface area contributed by atoms with Crippen LogP contribution in [0.15, 0.2) is 24.4 Å². The number of pyridine rings is 1. The van der Waals surface area contributed by atoms with E-state index in [2.05, 4.69) is 41.2 Å². The Morgan fingerprint density at radius 3 is 2.85 bits per heavy atom. The number of thiophene rings is 1. The number of aryl methyl sites for hydroxylation is 1. The van der Waals surface area contributed by atoms with Crippen LogP contribution in [0.25, 0.3) is 0 Å². The van der Waals surface area contributed by atoms with Gasteiger partial charge in [-0.05, 0) is 67.2 Å². The second kappa shape index (κ2) is 9.85. The van der Waals surface area contributed by atoms with Gasteiger partial charge in [0.2, 0.25) is 0 Å². The van der Waals surface area contributed by atoms with Crippen molar-refractivity contribution >= 4 is 17.2 Å². The van der Waals surface area contributed by atoms with E-state index in [1.165, 1.54) is 35.3 Å². The predicted molar refractivity (Wildman–Crippen MR) is 133 cm³/mol. The summed E-state index contributed by atoms with van der Waals surface area (Å²) in [4.78, 5) is 22.5. The first-order valence-corrected chi connectivity index (χ1v) is 13.6.